The van der Waals surface area contributed by atoms with Gasteiger partial charge in [0.15, 0.2) is 0 Å². The second-order valence-corrected chi connectivity index (χ2v) is 9.25. The predicted octanol–water partition coefficient (Wildman–Crippen LogP) is 2.28. The first-order valence-electron chi connectivity index (χ1n) is 4.27. The van der Waals surface area contributed by atoms with E-state index in [4.69, 9.17) is 0 Å². The van der Waals surface area contributed by atoms with Gasteiger partial charge in [0.1, 0.15) is 0 Å². The topological polar surface area (TPSA) is 43.1 Å². The molecule has 0 aliphatic heterocycles. The molecule has 0 heterocycles. The Morgan fingerprint density at radius 2 is 1.93 bits per heavy atom. The number of hydrogen-bond acceptors (Lipinski definition) is 2. The second-order valence-electron chi connectivity index (χ2n) is 4.17. The van der Waals surface area contributed by atoms with Gasteiger partial charge >= 0.3 is 5.69 Å². The highest BCUT2D eigenvalue weighted by Crippen LogP contribution is 2.16. The molecule has 0 saturated carbocycles. The largest absolute Gasteiger partial charge is 0.304 e. The van der Waals surface area contributed by atoms with E-state index >= 15 is 0 Å². The molecular weight excluding hydrogens is 201 g/mol. The van der Waals surface area contributed by atoms with Crippen LogP contribution in [0.1, 0.15) is 0 Å². The predicted molar refractivity (Wildman–Crippen MR) is 56.0 cm³/mol. The van der Waals surface area contributed by atoms with Crippen LogP contribution in [0.5, 0.6) is 0 Å². The average molecular weight is 213 g/mol. The summed E-state index contributed by atoms with van der Waals surface area (Å²) < 4.78 is 13.0. The Hall–Kier alpha value is -1.23. The van der Waals surface area contributed by atoms with Crippen molar-refractivity contribution in [2.24, 2.45) is 0 Å². The number of hydrogen-bond donors (Lipinski definition) is 0. The Morgan fingerprint density at radius 3 is 2.36 bits per heavy atom. The molecule has 76 valence electrons. The van der Waals surface area contributed by atoms with Gasteiger partial charge in [0, 0.05) is 6.07 Å². The number of halogens is 1. The molecule has 1 rings (SSSR count). The maximum absolute atomic E-state index is 13.0. The average Bonchev–Trinajstić information content (AvgIpc) is 2.02. The van der Waals surface area contributed by atoms with Crippen LogP contribution in [0, 0.1) is 15.9 Å². The van der Waals surface area contributed by atoms with Gasteiger partial charge in [0.25, 0.3) is 0 Å². The monoisotopic (exact) mass is 213 g/mol. The standard InChI is InChI=1S/C9H12FNO2Si/c1-14(2,3)7-4-5-8(10)9(6-7)11(12)13/h4-6H,1-3H3. The molecule has 0 amide bonds. The maximum Gasteiger partial charge on any atom is 0.304 e. The van der Waals surface area contributed by atoms with Gasteiger partial charge in [0.2, 0.25) is 5.82 Å². The molecule has 0 aliphatic rings. The first kappa shape index (κ1) is 10.8. The summed E-state index contributed by atoms with van der Waals surface area (Å²) in [5, 5.41) is 11.4. The first-order valence-corrected chi connectivity index (χ1v) is 7.77. The summed E-state index contributed by atoms with van der Waals surface area (Å²) in [7, 11) is -1.60. The Balaban J connectivity index is 3.27. The van der Waals surface area contributed by atoms with Crippen LogP contribution < -0.4 is 5.19 Å². The lowest BCUT2D eigenvalue weighted by atomic mass is 10.3. The fourth-order valence-corrected chi connectivity index (χ4v) is 2.27. The van der Waals surface area contributed by atoms with Crippen molar-refractivity contribution in [1.29, 1.82) is 0 Å². The van der Waals surface area contributed by atoms with E-state index in [0.29, 0.717) is 0 Å². The molecule has 0 N–H and O–H groups in total. The van der Waals surface area contributed by atoms with E-state index in [9.17, 15) is 14.5 Å². The first-order chi connectivity index (χ1) is 6.32. The Morgan fingerprint density at radius 1 is 1.36 bits per heavy atom. The highest BCUT2D eigenvalue weighted by atomic mass is 28.3. The summed E-state index contributed by atoms with van der Waals surface area (Å²) in [5.41, 5.74) is -0.426. The van der Waals surface area contributed by atoms with Gasteiger partial charge in [0.05, 0.1) is 13.0 Å². The molecule has 0 radical (unpaired) electrons. The minimum atomic E-state index is -1.60. The summed E-state index contributed by atoms with van der Waals surface area (Å²) in [6, 6.07) is 4.15. The van der Waals surface area contributed by atoms with Crippen LogP contribution in [0.2, 0.25) is 19.6 Å². The van der Waals surface area contributed by atoms with Crippen molar-refractivity contribution in [2.75, 3.05) is 0 Å². The minimum absolute atomic E-state index is 0.426. The van der Waals surface area contributed by atoms with Crippen molar-refractivity contribution in [3.8, 4) is 0 Å². The fourth-order valence-electron chi connectivity index (χ4n) is 1.12. The number of nitro benzene ring substituents is 1. The van der Waals surface area contributed by atoms with Crippen molar-refractivity contribution < 1.29 is 9.31 Å². The Labute approximate surface area is 82.7 Å². The quantitative estimate of drug-likeness (QED) is 0.429. The van der Waals surface area contributed by atoms with Crippen LogP contribution in [-0.4, -0.2) is 13.0 Å². The summed E-state index contributed by atoms with van der Waals surface area (Å²) >= 11 is 0. The number of rotatable bonds is 2. The van der Waals surface area contributed by atoms with Crippen molar-refractivity contribution >= 4 is 18.9 Å². The van der Waals surface area contributed by atoms with Gasteiger partial charge in [-0.15, -0.1) is 0 Å². The lowest BCUT2D eigenvalue weighted by Gasteiger charge is -2.15. The molecule has 0 spiro atoms. The summed E-state index contributed by atoms with van der Waals surface area (Å²) in [6.07, 6.45) is 0. The molecule has 0 aliphatic carbocycles. The zero-order chi connectivity index (χ0) is 10.9. The summed E-state index contributed by atoms with van der Waals surface area (Å²) in [5.74, 6) is -0.767. The van der Waals surface area contributed by atoms with E-state index in [-0.39, 0.29) is 0 Å². The smallest absolute Gasteiger partial charge is 0.258 e. The third-order valence-corrected chi connectivity index (χ3v) is 4.05. The highest BCUT2D eigenvalue weighted by molar-refractivity contribution is 6.88. The minimum Gasteiger partial charge on any atom is -0.258 e. The van der Waals surface area contributed by atoms with E-state index < -0.39 is 24.5 Å². The number of nitrogens with zero attached hydrogens (tertiary/aromatic N) is 1. The van der Waals surface area contributed by atoms with Gasteiger partial charge in [-0.3, -0.25) is 10.1 Å². The van der Waals surface area contributed by atoms with Gasteiger partial charge in [-0.2, -0.15) is 4.39 Å². The van der Waals surface area contributed by atoms with Crippen molar-refractivity contribution in [3.05, 3.63) is 34.1 Å². The van der Waals surface area contributed by atoms with Crippen molar-refractivity contribution in [2.45, 2.75) is 19.6 Å². The third kappa shape index (κ3) is 2.17. The summed E-state index contributed by atoms with van der Waals surface area (Å²) in [6.45, 7) is 6.18. The van der Waals surface area contributed by atoms with E-state index in [0.717, 1.165) is 5.19 Å². The molecule has 0 fully saturated rings. The molecule has 0 unspecified atom stereocenters. The van der Waals surface area contributed by atoms with Crippen LogP contribution >= 0.6 is 0 Å². The van der Waals surface area contributed by atoms with Gasteiger partial charge in [-0.25, -0.2) is 0 Å². The Bertz CT molecular complexity index is 374. The fraction of sp³-hybridized carbons (Fsp3) is 0.333. The van der Waals surface area contributed by atoms with Gasteiger partial charge in [-0.05, 0) is 6.07 Å². The molecular formula is C9H12FNO2Si. The molecule has 0 bridgehead atoms. The van der Waals surface area contributed by atoms with E-state index in [1.807, 2.05) is 0 Å². The van der Waals surface area contributed by atoms with Crippen LogP contribution in [0.3, 0.4) is 0 Å². The third-order valence-electron chi connectivity index (χ3n) is 2.01. The normalized spacial score (nSPS) is 11.4. The Kier molecular flexibility index (Phi) is 2.70. The zero-order valence-electron chi connectivity index (χ0n) is 8.37. The molecule has 0 aromatic heterocycles. The molecule has 1 aromatic rings. The number of benzene rings is 1. The van der Waals surface area contributed by atoms with Crippen molar-refractivity contribution in [3.63, 3.8) is 0 Å². The van der Waals surface area contributed by atoms with Crippen LogP contribution in [-0.2, 0) is 0 Å². The van der Waals surface area contributed by atoms with Crippen LogP contribution in [0.25, 0.3) is 0 Å². The van der Waals surface area contributed by atoms with Crippen LogP contribution in [0.4, 0.5) is 10.1 Å². The van der Waals surface area contributed by atoms with E-state index in [1.165, 1.54) is 12.1 Å². The lowest BCUT2D eigenvalue weighted by Crippen LogP contribution is -2.37. The van der Waals surface area contributed by atoms with Gasteiger partial charge in [-0.1, -0.05) is 30.9 Å². The van der Waals surface area contributed by atoms with Gasteiger partial charge < -0.3 is 0 Å². The number of nitro groups is 1. The zero-order valence-corrected chi connectivity index (χ0v) is 9.37. The van der Waals surface area contributed by atoms with Crippen LogP contribution in [0.15, 0.2) is 18.2 Å². The summed E-state index contributed by atoms with van der Waals surface area (Å²) in [4.78, 5) is 9.80. The highest BCUT2D eigenvalue weighted by Gasteiger charge is 2.21. The maximum atomic E-state index is 13.0. The molecule has 14 heavy (non-hydrogen) atoms. The molecule has 5 heteroatoms. The molecule has 1 aromatic carbocycles. The SMILES string of the molecule is C[Si](C)(C)c1ccc(F)c([N+](=O)[O-])c1. The molecule has 3 nitrogen and oxygen atoms in total. The van der Waals surface area contributed by atoms with E-state index in [1.54, 1.807) is 6.07 Å². The molecule has 0 atom stereocenters. The lowest BCUT2D eigenvalue weighted by molar-refractivity contribution is -0.387. The second kappa shape index (κ2) is 3.49. The van der Waals surface area contributed by atoms with E-state index in [2.05, 4.69) is 19.6 Å². The van der Waals surface area contributed by atoms with Crippen molar-refractivity contribution in [1.82, 2.24) is 0 Å². The molecule has 0 saturated heterocycles.